The molecule has 0 N–H and O–H groups in total. The molecule has 2 heterocycles. The summed E-state index contributed by atoms with van der Waals surface area (Å²) in [6, 6.07) is 12.1. The van der Waals surface area contributed by atoms with E-state index in [1.807, 2.05) is 19.9 Å². The third-order valence-corrected chi connectivity index (χ3v) is 6.44. The predicted molar refractivity (Wildman–Crippen MR) is 115 cm³/mol. The number of furan rings is 1. The van der Waals surface area contributed by atoms with E-state index in [9.17, 15) is 13.2 Å². The average molecular weight is 446 g/mol. The number of hydrogen-bond donors (Lipinski definition) is 0. The Balaban J connectivity index is 1.93. The first-order valence-corrected chi connectivity index (χ1v) is 11.6. The lowest BCUT2D eigenvalue weighted by atomic mass is 10.2. The maximum atomic E-state index is 13.1. The number of imidazole rings is 1. The van der Waals surface area contributed by atoms with E-state index >= 15 is 0 Å². The van der Waals surface area contributed by atoms with Gasteiger partial charge in [-0.25, -0.2) is 13.4 Å². The fourth-order valence-electron chi connectivity index (χ4n) is 3.25. The molecule has 9 heteroatoms. The normalized spacial score (nSPS) is 11.7. The van der Waals surface area contributed by atoms with Crippen molar-refractivity contribution in [3.05, 3.63) is 71.9 Å². The molecule has 3 rings (SSSR count). The van der Waals surface area contributed by atoms with Crippen molar-refractivity contribution in [2.45, 2.75) is 43.9 Å². The van der Waals surface area contributed by atoms with Crippen LogP contribution in [-0.4, -0.2) is 48.5 Å². The van der Waals surface area contributed by atoms with Gasteiger partial charge in [-0.05, 0) is 31.5 Å². The number of amides is 1. The Morgan fingerprint density at radius 1 is 1.19 bits per heavy atom. The first-order chi connectivity index (χ1) is 14.8. The van der Waals surface area contributed by atoms with Crippen LogP contribution >= 0.6 is 0 Å². The average Bonchev–Trinajstić information content (AvgIpc) is 3.40. The number of nitrogens with zero attached hydrogens (tertiary/aromatic N) is 3. The molecule has 0 saturated heterocycles. The van der Waals surface area contributed by atoms with Gasteiger partial charge in [0, 0.05) is 19.7 Å². The lowest BCUT2D eigenvalue weighted by molar-refractivity contribution is 0.0651. The van der Waals surface area contributed by atoms with E-state index in [0.29, 0.717) is 24.4 Å². The maximum absolute atomic E-state index is 13.1. The van der Waals surface area contributed by atoms with Crippen molar-refractivity contribution in [2.75, 3.05) is 13.7 Å². The van der Waals surface area contributed by atoms with Crippen LogP contribution in [0.4, 0.5) is 0 Å². The smallest absolute Gasteiger partial charge is 0.290 e. The van der Waals surface area contributed by atoms with Crippen molar-refractivity contribution in [3.8, 4) is 0 Å². The van der Waals surface area contributed by atoms with Crippen LogP contribution in [0.2, 0.25) is 0 Å². The third-order valence-electron chi connectivity index (χ3n) is 4.85. The maximum Gasteiger partial charge on any atom is 0.290 e. The van der Waals surface area contributed by atoms with Crippen LogP contribution in [0.15, 0.2) is 64.5 Å². The molecular formula is C22H27N3O5S. The van der Waals surface area contributed by atoms with Crippen molar-refractivity contribution in [3.63, 3.8) is 0 Å². The van der Waals surface area contributed by atoms with E-state index in [1.165, 1.54) is 12.5 Å². The van der Waals surface area contributed by atoms with E-state index in [0.717, 1.165) is 0 Å². The molecule has 166 valence electrons. The van der Waals surface area contributed by atoms with Crippen molar-refractivity contribution >= 4 is 15.7 Å². The Morgan fingerprint density at radius 3 is 2.55 bits per heavy atom. The number of carbonyl (C=O) groups excluding carboxylic acids is 1. The zero-order valence-electron chi connectivity index (χ0n) is 17.9. The highest BCUT2D eigenvalue weighted by Crippen LogP contribution is 2.20. The highest BCUT2D eigenvalue weighted by atomic mass is 32.2. The molecule has 0 fully saturated rings. The molecule has 0 aliphatic heterocycles. The van der Waals surface area contributed by atoms with Crippen LogP contribution in [0.3, 0.4) is 0 Å². The standard InChI is InChI=1S/C22H27N3O5S/c1-17(2)25(21(26)20-10-7-12-30-20)15-19-14-23-22(24(19)11-13-29-3)31(27,28)16-18-8-5-4-6-9-18/h4-10,12,14,17H,11,13,15-16H2,1-3H3. The number of aromatic nitrogens is 2. The second-order valence-electron chi connectivity index (χ2n) is 7.43. The summed E-state index contributed by atoms with van der Waals surface area (Å²) in [6.07, 6.45) is 2.96. The van der Waals surface area contributed by atoms with Gasteiger partial charge in [-0.2, -0.15) is 0 Å². The van der Waals surface area contributed by atoms with Crippen molar-refractivity contribution in [1.82, 2.24) is 14.5 Å². The van der Waals surface area contributed by atoms with Crippen molar-refractivity contribution < 1.29 is 22.4 Å². The number of rotatable bonds is 10. The summed E-state index contributed by atoms with van der Waals surface area (Å²) in [5, 5.41) is -0.0300. The first kappa shape index (κ1) is 22.8. The molecule has 0 radical (unpaired) electrons. The molecule has 0 aliphatic rings. The molecule has 1 aromatic carbocycles. The zero-order valence-corrected chi connectivity index (χ0v) is 18.7. The fraction of sp³-hybridized carbons (Fsp3) is 0.364. The second kappa shape index (κ2) is 9.93. The van der Waals surface area contributed by atoms with E-state index in [4.69, 9.17) is 9.15 Å². The van der Waals surface area contributed by atoms with E-state index < -0.39 is 9.84 Å². The number of carbonyl (C=O) groups is 1. The Hall–Kier alpha value is -2.91. The molecule has 0 aliphatic carbocycles. The Bertz CT molecular complexity index is 1090. The molecule has 8 nitrogen and oxygen atoms in total. The van der Waals surface area contributed by atoms with Crippen LogP contribution in [0.5, 0.6) is 0 Å². The first-order valence-electron chi connectivity index (χ1n) is 9.98. The van der Waals surface area contributed by atoms with Gasteiger partial charge in [0.1, 0.15) is 0 Å². The van der Waals surface area contributed by atoms with Gasteiger partial charge >= 0.3 is 0 Å². The van der Waals surface area contributed by atoms with Gasteiger partial charge in [-0.3, -0.25) is 4.79 Å². The molecule has 3 aromatic rings. The summed E-state index contributed by atoms with van der Waals surface area (Å²) in [6.45, 7) is 4.59. The lowest BCUT2D eigenvalue weighted by Crippen LogP contribution is -2.37. The lowest BCUT2D eigenvalue weighted by Gasteiger charge is -2.26. The summed E-state index contributed by atoms with van der Waals surface area (Å²) >= 11 is 0. The number of ether oxygens (including phenoxy) is 1. The van der Waals surface area contributed by atoms with Crippen LogP contribution in [0, 0.1) is 0 Å². The molecule has 0 atom stereocenters. The van der Waals surface area contributed by atoms with Crippen molar-refractivity contribution in [2.24, 2.45) is 0 Å². The summed E-state index contributed by atoms with van der Waals surface area (Å²) in [5.74, 6) is -0.196. The van der Waals surface area contributed by atoms with Crippen molar-refractivity contribution in [1.29, 1.82) is 0 Å². The van der Waals surface area contributed by atoms with E-state index in [-0.39, 0.29) is 35.2 Å². The summed E-state index contributed by atoms with van der Waals surface area (Å²) in [4.78, 5) is 18.7. The Kier molecular flexibility index (Phi) is 7.29. The predicted octanol–water partition coefficient (Wildman–Crippen LogP) is 3.15. The Morgan fingerprint density at radius 2 is 1.94 bits per heavy atom. The zero-order chi connectivity index (χ0) is 22.4. The summed E-state index contributed by atoms with van der Waals surface area (Å²) < 4.78 is 38.3. The Labute approximate surface area is 182 Å². The minimum absolute atomic E-state index is 0.0300. The van der Waals surface area contributed by atoms with E-state index in [2.05, 4.69) is 4.98 Å². The molecule has 0 bridgehead atoms. The van der Waals surface area contributed by atoms with Crippen LogP contribution in [-0.2, 0) is 33.4 Å². The summed E-state index contributed by atoms with van der Waals surface area (Å²) in [5.41, 5.74) is 1.29. The van der Waals surface area contributed by atoms with Gasteiger partial charge in [0.15, 0.2) is 5.76 Å². The van der Waals surface area contributed by atoms with Gasteiger partial charge in [-0.15, -0.1) is 0 Å². The monoisotopic (exact) mass is 445 g/mol. The van der Waals surface area contributed by atoms with Gasteiger partial charge in [0.05, 0.1) is 37.1 Å². The SMILES string of the molecule is COCCn1c(CN(C(=O)c2ccco2)C(C)C)cnc1S(=O)(=O)Cc1ccccc1. The van der Waals surface area contributed by atoms with E-state index in [1.54, 1.807) is 53.0 Å². The largest absolute Gasteiger partial charge is 0.459 e. The number of benzene rings is 1. The number of methoxy groups -OCH3 is 1. The highest BCUT2D eigenvalue weighted by Gasteiger charge is 2.27. The van der Waals surface area contributed by atoms with Gasteiger partial charge in [0.25, 0.3) is 5.91 Å². The molecule has 0 saturated carbocycles. The number of hydrogen-bond acceptors (Lipinski definition) is 6. The second-order valence-corrected chi connectivity index (χ2v) is 9.31. The van der Waals surface area contributed by atoms with Gasteiger partial charge in [-0.1, -0.05) is 30.3 Å². The number of sulfone groups is 1. The molecule has 0 spiro atoms. The molecule has 2 aromatic heterocycles. The fourth-order valence-corrected chi connectivity index (χ4v) is 4.77. The highest BCUT2D eigenvalue weighted by molar-refractivity contribution is 7.90. The van der Waals surface area contributed by atoms with Gasteiger partial charge in [0.2, 0.25) is 15.0 Å². The quantitative estimate of drug-likeness (QED) is 0.476. The topological polar surface area (TPSA) is 94.6 Å². The summed E-state index contributed by atoms with van der Waals surface area (Å²) in [7, 11) is -2.15. The molecular weight excluding hydrogens is 418 g/mol. The van der Waals surface area contributed by atoms with Crippen LogP contribution in [0.25, 0.3) is 0 Å². The molecule has 31 heavy (non-hydrogen) atoms. The molecule has 1 amide bonds. The van der Waals surface area contributed by atoms with Gasteiger partial charge < -0.3 is 18.6 Å². The minimum atomic E-state index is -3.70. The third kappa shape index (κ3) is 5.42. The minimum Gasteiger partial charge on any atom is -0.459 e. The molecule has 0 unspecified atom stereocenters. The van der Waals surface area contributed by atoms with Crippen LogP contribution < -0.4 is 0 Å². The van der Waals surface area contributed by atoms with Crippen LogP contribution in [0.1, 0.15) is 35.7 Å².